The molecule has 4 heterocycles. The fourth-order valence-corrected chi connectivity index (χ4v) is 13.7. The lowest BCUT2D eigenvalue weighted by Gasteiger charge is -2.27. The second-order valence-electron chi connectivity index (χ2n) is 10.8. The largest absolute Gasteiger partial charge is 0.307 e. The van der Waals surface area contributed by atoms with Crippen LogP contribution in [0.2, 0.25) is 0 Å². The first-order valence-corrected chi connectivity index (χ1v) is 15.4. The summed E-state index contributed by atoms with van der Waals surface area (Å²) in [5.74, 6) is 0. The summed E-state index contributed by atoms with van der Waals surface area (Å²) in [6.45, 7) is 0. The molecular weight excluding hydrogens is 474 g/mol. The van der Waals surface area contributed by atoms with E-state index in [1.807, 2.05) is 0 Å². The van der Waals surface area contributed by atoms with Gasteiger partial charge < -0.3 is 4.40 Å². The summed E-state index contributed by atoms with van der Waals surface area (Å²) in [5.41, 5.74) is 9.70. The number of fused-ring (bicyclic) bond motifs is 17. The minimum Gasteiger partial charge on any atom is -0.307 e. The molecule has 2 aromatic heterocycles. The maximum atomic E-state index is 2.57. The molecule has 0 amide bonds. The Morgan fingerprint density at radius 1 is 0.368 bits per heavy atom. The first-order chi connectivity index (χ1) is 18.9. The van der Waals surface area contributed by atoms with E-state index >= 15 is 0 Å². The number of aromatic nitrogens is 1. The van der Waals surface area contributed by atoms with Crippen LogP contribution >= 0.6 is 0 Å². The van der Waals surface area contributed by atoms with Gasteiger partial charge in [0.05, 0.1) is 16.6 Å². The van der Waals surface area contributed by atoms with Crippen LogP contribution in [0.1, 0.15) is 0 Å². The highest BCUT2D eigenvalue weighted by atomic mass is 28.3. The molecule has 0 saturated carbocycles. The van der Waals surface area contributed by atoms with Crippen LogP contribution in [0.15, 0.2) is 127 Å². The van der Waals surface area contributed by atoms with Crippen molar-refractivity contribution in [2.75, 3.05) is 0 Å². The van der Waals surface area contributed by atoms with Gasteiger partial charge >= 0.3 is 0 Å². The second kappa shape index (κ2) is 6.42. The smallest absolute Gasteiger partial charge is 0.182 e. The van der Waals surface area contributed by atoms with Gasteiger partial charge in [-0.25, -0.2) is 0 Å². The number of nitrogens with zero attached hydrogens (tertiary/aromatic N) is 1. The number of benzene rings is 6. The van der Waals surface area contributed by atoms with E-state index < -0.39 is 8.07 Å². The van der Waals surface area contributed by atoms with Gasteiger partial charge in [0.2, 0.25) is 0 Å². The molecule has 38 heavy (non-hydrogen) atoms. The van der Waals surface area contributed by atoms with Gasteiger partial charge in [-0.15, -0.1) is 0 Å². The van der Waals surface area contributed by atoms with Crippen LogP contribution < -0.4 is 20.7 Å². The summed E-state index contributed by atoms with van der Waals surface area (Å²) < 4.78 is 2.57. The minimum absolute atomic E-state index is 1.30. The third kappa shape index (κ3) is 1.93. The highest BCUT2D eigenvalue weighted by molar-refractivity contribution is 7.24. The van der Waals surface area contributed by atoms with Crippen molar-refractivity contribution in [3.63, 3.8) is 0 Å². The Morgan fingerprint density at radius 2 is 0.895 bits per heavy atom. The molecular formula is C36H21NSi. The van der Waals surface area contributed by atoms with Gasteiger partial charge in [-0.05, 0) is 43.5 Å². The van der Waals surface area contributed by atoms with E-state index in [4.69, 9.17) is 0 Å². The van der Waals surface area contributed by atoms with Crippen molar-refractivity contribution in [2.45, 2.75) is 0 Å². The van der Waals surface area contributed by atoms with Gasteiger partial charge in [-0.3, -0.25) is 0 Å². The number of hydrogen-bond donors (Lipinski definition) is 0. The molecule has 0 unspecified atom stereocenters. The Hall–Kier alpha value is -4.66. The molecule has 1 nitrogen and oxygen atoms in total. The van der Waals surface area contributed by atoms with Gasteiger partial charge in [0.1, 0.15) is 0 Å². The molecule has 0 aliphatic carbocycles. The Kier molecular flexibility index (Phi) is 3.29. The Labute approximate surface area is 220 Å². The molecule has 0 saturated heterocycles. The summed E-state index contributed by atoms with van der Waals surface area (Å²) in [4.78, 5) is 0. The van der Waals surface area contributed by atoms with Crippen LogP contribution in [0.25, 0.3) is 60.3 Å². The summed E-state index contributed by atoms with van der Waals surface area (Å²) in [6.07, 6.45) is 0. The van der Waals surface area contributed by atoms with E-state index in [1.165, 1.54) is 81.1 Å². The SMILES string of the molecule is c1ccc2c(c1)-c1ccccc1[Si]21c2ccccc2-c2c1ccc1c3cccc4c5ccccc5n(c21)c43. The van der Waals surface area contributed by atoms with Gasteiger partial charge in [0.25, 0.3) is 0 Å². The average Bonchev–Trinajstić information content (AvgIpc) is 3.68. The molecule has 174 valence electrons. The average molecular weight is 496 g/mol. The fourth-order valence-electron chi connectivity index (χ4n) is 8.08. The molecule has 10 rings (SSSR count). The third-order valence-electron chi connectivity index (χ3n) is 9.34. The van der Waals surface area contributed by atoms with Crippen LogP contribution in [-0.4, -0.2) is 12.5 Å². The minimum atomic E-state index is -2.44. The zero-order valence-corrected chi connectivity index (χ0v) is 21.6. The first-order valence-electron chi connectivity index (χ1n) is 13.4. The van der Waals surface area contributed by atoms with E-state index in [9.17, 15) is 0 Å². The molecule has 6 aromatic carbocycles. The van der Waals surface area contributed by atoms with Crippen molar-refractivity contribution < 1.29 is 0 Å². The van der Waals surface area contributed by atoms with Crippen LogP contribution in [0.3, 0.4) is 0 Å². The fraction of sp³-hybridized carbons (Fsp3) is 0. The van der Waals surface area contributed by atoms with Gasteiger partial charge in [0, 0.05) is 27.1 Å². The molecule has 0 radical (unpaired) electrons. The molecule has 8 aromatic rings. The predicted molar refractivity (Wildman–Crippen MR) is 163 cm³/mol. The summed E-state index contributed by atoms with van der Waals surface area (Å²) in [7, 11) is -2.44. The molecule has 0 N–H and O–H groups in total. The maximum Gasteiger partial charge on any atom is 0.182 e. The molecule has 1 spiro atoms. The van der Waals surface area contributed by atoms with E-state index in [0.717, 1.165) is 0 Å². The van der Waals surface area contributed by atoms with Crippen molar-refractivity contribution in [1.82, 2.24) is 4.40 Å². The van der Waals surface area contributed by atoms with Crippen LogP contribution in [0.5, 0.6) is 0 Å². The lowest BCUT2D eigenvalue weighted by atomic mass is 10.0. The standard InChI is InChI=1S/C36H21NSi/c1-5-16-29-22(10-1)25-14-9-15-26-27-20-21-33-34(36(27)37(29)35(25)26)28-13-4-8-19-32(28)38(33)30-17-6-2-11-23(30)24-12-3-7-18-31(24)38/h1-21H. The van der Waals surface area contributed by atoms with Crippen molar-refractivity contribution in [2.24, 2.45) is 0 Å². The zero-order chi connectivity index (χ0) is 24.6. The van der Waals surface area contributed by atoms with E-state index in [2.05, 4.69) is 132 Å². The lowest BCUT2D eigenvalue weighted by molar-refractivity contribution is 1.37. The van der Waals surface area contributed by atoms with Crippen molar-refractivity contribution in [3.8, 4) is 22.3 Å². The van der Waals surface area contributed by atoms with Gasteiger partial charge in [0.15, 0.2) is 8.07 Å². The monoisotopic (exact) mass is 495 g/mol. The lowest BCUT2D eigenvalue weighted by Crippen LogP contribution is -2.70. The quantitative estimate of drug-likeness (QED) is 0.222. The van der Waals surface area contributed by atoms with Crippen molar-refractivity contribution >= 4 is 66.9 Å². The molecule has 2 heteroatoms. The predicted octanol–water partition coefficient (Wildman–Crippen LogP) is 6.17. The van der Waals surface area contributed by atoms with Crippen molar-refractivity contribution in [1.29, 1.82) is 0 Å². The Morgan fingerprint density at radius 3 is 1.63 bits per heavy atom. The third-order valence-corrected chi connectivity index (χ3v) is 14.3. The van der Waals surface area contributed by atoms with Gasteiger partial charge in [-0.2, -0.15) is 0 Å². The summed E-state index contributed by atoms with van der Waals surface area (Å²) >= 11 is 0. The van der Waals surface area contributed by atoms with E-state index in [-0.39, 0.29) is 0 Å². The molecule has 0 bridgehead atoms. The van der Waals surface area contributed by atoms with E-state index in [1.54, 1.807) is 0 Å². The van der Waals surface area contributed by atoms with E-state index in [0.29, 0.717) is 0 Å². The normalized spacial score (nSPS) is 14.5. The highest BCUT2D eigenvalue weighted by Crippen LogP contribution is 2.44. The van der Waals surface area contributed by atoms with Crippen molar-refractivity contribution in [3.05, 3.63) is 127 Å². The second-order valence-corrected chi connectivity index (χ2v) is 14.5. The Bertz CT molecular complexity index is 2260. The van der Waals surface area contributed by atoms with Crippen LogP contribution in [0.4, 0.5) is 0 Å². The molecule has 0 fully saturated rings. The summed E-state index contributed by atoms with van der Waals surface area (Å²) in [6, 6.07) is 48.3. The Balaban J connectivity index is 1.50. The number of rotatable bonds is 0. The van der Waals surface area contributed by atoms with Crippen LogP contribution in [0, 0.1) is 0 Å². The molecule has 0 atom stereocenters. The molecule has 2 aliphatic heterocycles. The molecule has 2 aliphatic rings. The zero-order valence-electron chi connectivity index (χ0n) is 20.6. The maximum absolute atomic E-state index is 2.57. The number of hydrogen-bond acceptors (Lipinski definition) is 0. The van der Waals surface area contributed by atoms with Gasteiger partial charge in [-0.1, -0.05) is 121 Å². The first kappa shape index (κ1) is 19.4. The topological polar surface area (TPSA) is 4.41 Å². The number of para-hydroxylation sites is 2. The highest BCUT2D eigenvalue weighted by Gasteiger charge is 2.54. The van der Waals surface area contributed by atoms with Crippen LogP contribution in [-0.2, 0) is 0 Å². The summed E-state index contributed by atoms with van der Waals surface area (Å²) in [5, 5.41) is 11.5.